The molecule has 0 aromatic carbocycles. The maximum absolute atomic E-state index is 12.0. The van der Waals surface area contributed by atoms with Crippen LogP contribution in [0.3, 0.4) is 0 Å². The number of nitrogens with one attached hydrogen (secondary N) is 1. The van der Waals surface area contributed by atoms with Gasteiger partial charge in [-0.3, -0.25) is 4.90 Å². The van der Waals surface area contributed by atoms with Crippen LogP contribution in [0.15, 0.2) is 0 Å². The van der Waals surface area contributed by atoms with Gasteiger partial charge in [-0.2, -0.15) is 11.8 Å². The molecule has 0 bridgehead atoms. The van der Waals surface area contributed by atoms with Crippen LogP contribution < -0.4 is 5.32 Å². The van der Waals surface area contributed by atoms with Crippen molar-refractivity contribution in [1.82, 2.24) is 15.1 Å². The predicted molar refractivity (Wildman–Crippen MR) is 75.9 cm³/mol. The van der Waals surface area contributed by atoms with Crippen molar-refractivity contribution in [3.8, 4) is 0 Å². The van der Waals surface area contributed by atoms with Gasteiger partial charge in [-0.25, -0.2) is 9.59 Å². The molecule has 7 nitrogen and oxygen atoms in total. The van der Waals surface area contributed by atoms with E-state index < -0.39 is 24.1 Å². The van der Waals surface area contributed by atoms with Gasteiger partial charge < -0.3 is 20.4 Å². The summed E-state index contributed by atoms with van der Waals surface area (Å²) in [6.07, 6.45) is -0.646. The molecule has 0 aromatic rings. The Morgan fingerprint density at radius 2 is 2.00 bits per heavy atom. The third-order valence-corrected chi connectivity index (χ3v) is 4.58. The summed E-state index contributed by atoms with van der Waals surface area (Å²) in [5, 5.41) is 21.3. The van der Waals surface area contributed by atoms with Crippen LogP contribution in [0, 0.1) is 0 Å². The number of aliphatic hydroxyl groups is 1. The fraction of sp³-hybridized carbons (Fsp3) is 0.833. The lowest BCUT2D eigenvalue weighted by atomic mass is 10.2. The Balaban J connectivity index is 1.74. The highest BCUT2D eigenvalue weighted by molar-refractivity contribution is 7.99. The SMILES string of the molecule is O=C(O)[C@H]1C[C@@H](O)CN1C(=O)NCCN1CCSCC1. The summed E-state index contributed by atoms with van der Waals surface area (Å²) in [6, 6.07) is -1.32. The van der Waals surface area contributed by atoms with Gasteiger partial charge in [0.25, 0.3) is 0 Å². The van der Waals surface area contributed by atoms with Gasteiger partial charge in [-0.15, -0.1) is 0 Å². The van der Waals surface area contributed by atoms with Crippen LogP contribution >= 0.6 is 11.8 Å². The minimum atomic E-state index is -1.07. The quantitative estimate of drug-likeness (QED) is 0.634. The molecule has 2 atom stereocenters. The standard InChI is InChI=1S/C12H21N3O4S/c16-9-7-10(11(17)18)15(8-9)12(19)13-1-2-14-3-5-20-6-4-14/h9-10,16H,1-8H2,(H,13,19)(H,17,18)/t9-,10-/m1/s1. The Labute approximate surface area is 122 Å². The normalized spacial score (nSPS) is 27.6. The van der Waals surface area contributed by atoms with Crippen molar-refractivity contribution in [2.24, 2.45) is 0 Å². The Morgan fingerprint density at radius 1 is 1.30 bits per heavy atom. The maximum Gasteiger partial charge on any atom is 0.326 e. The average molecular weight is 303 g/mol. The molecule has 20 heavy (non-hydrogen) atoms. The van der Waals surface area contributed by atoms with E-state index in [1.54, 1.807) is 0 Å². The Kier molecular flexibility index (Phi) is 5.50. The number of hydrogen-bond acceptors (Lipinski definition) is 5. The maximum atomic E-state index is 12.0. The Morgan fingerprint density at radius 3 is 2.65 bits per heavy atom. The number of aliphatic hydroxyl groups excluding tert-OH is 1. The first kappa shape index (κ1) is 15.4. The summed E-state index contributed by atoms with van der Waals surface area (Å²) in [5.41, 5.74) is 0. The van der Waals surface area contributed by atoms with E-state index in [1.807, 2.05) is 11.8 Å². The number of carbonyl (C=O) groups excluding carboxylic acids is 1. The first-order valence-electron chi connectivity index (χ1n) is 6.83. The van der Waals surface area contributed by atoms with Crippen LogP contribution in [0.1, 0.15) is 6.42 Å². The first-order chi connectivity index (χ1) is 9.58. The van der Waals surface area contributed by atoms with Gasteiger partial charge in [0.15, 0.2) is 0 Å². The summed E-state index contributed by atoms with van der Waals surface area (Å²) in [5.74, 6) is 1.17. The largest absolute Gasteiger partial charge is 0.480 e. The van der Waals surface area contributed by atoms with Crippen molar-refractivity contribution in [1.29, 1.82) is 0 Å². The molecule has 2 amide bonds. The number of amides is 2. The van der Waals surface area contributed by atoms with Crippen molar-refractivity contribution in [2.75, 3.05) is 44.2 Å². The van der Waals surface area contributed by atoms with E-state index in [-0.39, 0.29) is 13.0 Å². The molecule has 114 valence electrons. The Hall–Kier alpha value is -0.990. The molecular weight excluding hydrogens is 282 g/mol. The molecule has 0 spiro atoms. The average Bonchev–Trinajstić information content (AvgIpc) is 2.82. The molecule has 2 fully saturated rings. The molecule has 2 saturated heterocycles. The number of urea groups is 1. The van der Waals surface area contributed by atoms with E-state index in [1.165, 1.54) is 4.90 Å². The number of carboxylic acids is 1. The lowest BCUT2D eigenvalue weighted by molar-refractivity contribution is -0.141. The first-order valence-corrected chi connectivity index (χ1v) is 7.99. The van der Waals surface area contributed by atoms with Gasteiger partial charge >= 0.3 is 12.0 Å². The fourth-order valence-electron chi connectivity index (χ4n) is 2.52. The molecule has 0 aromatic heterocycles. The predicted octanol–water partition coefficient (Wildman–Crippen LogP) is -0.735. The van der Waals surface area contributed by atoms with Gasteiger partial charge in [-0.1, -0.05) is 0 Å². The van der Waals surface area contributed by atoms with Crippen LogP contribution in [0.25, 0.3) is 0 Å². The number of hydrogen-bond donors (Lipinski definition) is 3. The number of likely N-dealkylation sites (tertiary alicyclic amines) is 1. The topological polar surface area (TPSA) is 93.1 Å². The minimum Gasteiger partial charge on any atom is -0.480 e. The molecule has 0 aliphatic carbocycles. The summed E-state index contributed by atoms with van der Waals surface area (Å²) >= 11 is 1.93. The molecule has 2 aliphatic heterocycles. The van der Waals surface area contributed by atoms with E-state index in [9.17, 15) is 14.7 Å². The summed E-state index contributed by atoms with van der Waals surface area (Å²) < 4.78 is 0. The van der Waals surface area contributed by atoms with E-state index in [0.717, 1.165) is 31.1 Å². The van der Waals surface area contributed by atoms with E-state index >= 15 is 0 Å². The molecule has 2 aliphatic rings. The number of rotatable bonds is 4. The number of carbonyl (C=O) groups is 2. The smallest absolute Gasteiger partial charge is 0.326 e. The van der Waals surface area contributed by atoms with Crippen LogP contribution in [-0.4, -0.2) is 88.4 Å². The second kappa shape index (κ2) is 7.14. The molecule has 0 unspecified atom stereocenters. The van der Waals surface area contributed by atoms with Crippen molar-refractivity contribution < 1.29 is 19.8 Å². The Bertz CT molecular complexity index is 363. The van der Waals surface area contributed by atoms with Gasteiger partial charge in [-0.05, 0) is 0 Å². The van der Waals surface area contributed by atoms with Crippen molar-refractivity contribution in [2.45, 2.75) is 18.6 Å². The highest BCUT2D eigenvalue weighted by Gasteiger charge is 2.38. The third-order valence-electron chi connectivity index (χ3n) is 3.63. The minimum absolute atomic E-state index is 0.0865. The van der Waals surface area contributed by atoms with Crippen molar-refractivity contribution >= 4 is 23.8 Å². The molecule has 8 heteroatoms. The van der Waals surface area contributed by atoms with Gasteiger partial charge in [0.05, 0.1) is 6.10 Å². The number of aliphatic carboxylic acids is 1. The fourth-order valence-corrected chi connectivity index (χ4v) is 3.50. The number of β-amino-alcohol motifs (C(OH)–C–C–N with tert-alkyl or cyclic N) is 1. The number of nitrogens with zero attached hydrogens (tertiary/aromatic N) is 2. The van der Waals surface area contributed by atoms with E-state index in [4.69, 9.17) is 5.11 Å². The third kappa shape index (κ3) is 4.00. The number of thioether (sulfide) groups is 1. The van der Waals surface area contributed by atoms with Crippen LogP contribution in [-0.2, 0) is 4.79 Å². The highest BCUT2D eigenvalue weighted by Crippen LogP contribution is 2.18. The molecule has 2 heterocycles. The molecular formula is C12H21N3O4S. The lowest BCUT2D eigenvalue weighted by Crippen LogP contribution is -2.48. The zero-order valence-corrected chi connectivity index (χ0v) is 12.1. The lowest BCUT2D eigenvalue weighted by Gasteiger charge is -2.27. The number of carboxylic acid groups (broad SMARTS) is 1. The van der Waals surface area contributed by atoms with Crippen LogP contribution in [0.5, 0.6) is 0 Å². The van der Waals surface area contributed by atoms with Crippen molar-refractivity contribution in [3.63, 3.8) is 0 Å². The molecule has 3 N–H and O–H groups in total. The molecule has 0 saturated carbocycles. The van der Waals surface area contributed by atoms with E-state index in [0.29, 0.717) is 6.54 Å². The summed E-state index contributed by atoms with van der Waals surface area (Å²) in [6.45, 7) is 3.42. The highest BCUT2D eigenvalue weighted by atomic mass is 32.2. The van der Waals surface area contributed by atoms with Gasteiger partial charge in [0.1, 0.15) is 6.04 Å². The zero-order valence-electron chi connectivity index (χ0n) is 11.3. The molecule has 2 rings (SSSR count). The van der Waals surface area contributed by atoms with E-state index in [2.05, 4.69) is 10.2 Å². The van der Waals surface area contributed by atoms with Gasteiger partial charge in [0.2, 0.25) is 0 Å². The second-order valence-corrected chi connectivity index (χ2v) is 6.31. The zero-order chi connectivity index (χ0) is 14.5. The summed E-state index contributed by atoms with van der Waals surface area (Å²) in [7, 11) is 0. The summed E-state index contributed by atoms with van der Waals surface area (Å²) in [4.78, 5) is 26.5. The monoisotopic (exact) mass is 303 g/mol. The molecule has 0 radical (unpaired) electrons. The van der Waals surface area contributed by atoms with Crippen LogP contribution in [0.4, 0.5) is 4.79 Å². The van der Waals surface area contributed by atoms with Crippen molar-refractivity contribution in [3.05, 3.63) is 0 Å². The van der Waals surface area contributed by atoms with Gasteiger partial charge in [0, 0.05) is 50.7 Å². The van der Waals surface area contributed by atoms with Crippen LogP contribution in [0.2, 0.25) is 0 Å². The second-order valence-electron chi connectivity index (χ2n) is 5.08.